The number of aliphatic carboxylic acids is 1. The number of rotatable bonds is 3. The third-order valence-corrected chi connectivity index (χ3v) is 3.64. The Hall–Kier alpha value is -1.97. The average Bonchev–Trinajstić information content (AvgIpc) is 2.42. The molecule has 0 radical (unpaired) electrons. The molecule has 2 aromatic carbocycles. The van der Waals surface area contributed by atoms with Gasteiger partial charge >= 0.3 is 5.97 Å². The molecule has 3 nitrogen and oxygen atoms in total. The number of carbonyl (C=O) groups is 1. The summed E-state index contributed by atoms with van der Waals surface area (Å²) in [6.45, 7) is 1.83. The van der Waals surface area contributed by atoms with Gasteiger partial charge in [0.1, 0.15) is 5.75 Å². The van der Waals surface area contributed by atoms with Gasteiger partial charge in [0, 0.05) is 15.6 Å². The molecule has 0 aliphatic heterocycles. The predicted molar refractivity (Wildman–Crippen MR) is 84.8 cm³/mol. The van der Waals surface area contributed by atoms with Crippen molar-refractivity contribution in [3.63, 3.8) is 0 Å². The average molecular weight is 323 g/mol. The molecule has 21 heavy (non-hydrogen) atoms. The summed E-state index contributed by atoms with van der Waals surface area (Å²) in [6, 6.07) is 9.43. The lowest BCUT2D eigenvalue weighted by molar-refractivity contribution is -0.130. The second-order valence-electron chi connectivity index (χ2n) is 4.53. The van der Waals surface area contributed by atoms with Crippen LogP contribution in [0, 0.1) is 6.92 Å². The minimum absolute atomic E-state index is 0.0227. The molecule has 0 aliphatic rings. The Balaban J connectivity index is 2.57. The van der Waals surface area contributed by atoms with Crippen molar-refractivity contribution in [2.24, 2.45) is 0 Å². The van der Waals surface area contributed by atoms with E-state index < -0.39 is 5.97 Å². The van der Waals surface area contributed by atoms with Gasteiger partial charge in [0.05, 0.1) is 5.57 Å². The number of carboxylic acids is 1. The van der Waals surface area contributed by atoms with Crippen molar-refractivity contribution >= 4 is 40.8 Å². The summed E-state index contributed by atoms with van der Waals surface area (Å²) >= 11 is 11.9. The Morgan fingerprint density at radius 1 is 1.14 bits per heavy atom. The summed E-state index contributed by atoms with van der Waals surface area (Å²) in [5, 5.41) is 20.1. The number of phenols is 1. The molecular formula is C16H12Cl2O3. The smallest absolute Gasteiger partial charge is 0.336 e. The van der Waals surface area contributed by atoms with Crippen molar-refractivity contribution in [1.82, 2.24) is 0 Å². The molecule has 0 aliphatic carbocycles. The fourth-order valence-electron chi connectivity index (χ4n) is 1.83. The van der Waals surface area contributed by atoms with Gasteiger partial charge < -0.3 is 10.2 Å². The standard InChI is InChI=1S/C16H12Cl2O3/c1-9-2-3-10(8-14(9)18)13(16(20)21)7-11-6-12(17)4-5-15(11)19/h2-8,19H,1H3,(H,20,21)/b13-7-. The van der Waals surface area contributed by atoms with Crippen LogP contribution in [0.3, 0.4) is 0 Å². The third-order valence-electron chi connectivity index (χ3n) is 3.00. The topological polar surface area (TPSA) is 57.5 Å². The fourth-order valence-corrected chi connectivity index (χ4v) is 2.19. The molecule has 0 fully saturated rings. The Bertz CT molecular complexity index is 736. The van der Waals surface area contributed by atoms with E-state index in [0.717, 1.165) is 5.56 Å². The minimum Gasteiger partial charge on any atom is -0.507 e. The second kappa shape index (κ2) is 6.20. The van der Waals surface area contributed by atoms with Crippen LogP contribution in [0.15, 0.2) is 36.4 Å². The lowest BCUT2D eigenvalue weighted by Crippen LogP contribution is -2.00. The highest BCUT2D eigenvalue weighted by Gasteiger charge is 2.13. The van der Waals surface area contributed by atoms with Gasteiger partial charge in [0.15, 0.2) is 0 Å². The number of carboxylic acid groups (broad SMARTS) is 1. The summed E-state index contributed by atoms with van der Waals surface area (Å²) in [4.78, 5) is 11.5. The normalized spacial score (nSPS) is 11.5. The molecule has 0 saturated carbocycles. The summed E-state index contributed by atoms with van der Waals surface area (Å²) in [5.74, 6) is -1.16. The van der Waals surface area contributed by atoms with E-state index in [1.54, 1.807) is 18.2 Å². The highest BCUT2D eigenvalue weighted by atomic mass is 35.5. The van der Waals surface area contributed by atoms with Crippen LogP contribution < -0.4 is 0 Å². The van der Waals surface area contributed by atoms with Crippen molar-refractivity contribution in [2.75, 3.05) is 0 Å². The predicted octanol–water partition coefficient (Wildman–Crippen LogP) is 4.63. The van der Waals surface area contributed by atoms with Crippen molar-refractivity contribution in [3.05, 3.63) is 63.1 Å². The second-order valence-corrected chi connectivity index (χ2v) is 5.37. The van der Waals surface area contributed by atoms with Crippen molar-refractivity contribution in [2.45, 2.75) is 6.92 Å². The van der Waals surface area contributed by atoms with Crippen molar-refractivity contribution in [3.8, 4) is 5.75 Å². The molecule has 0 spiro atoms. The number of benzene rings is 2. The van der Waals surface area contributed by atoms with E-state index in [0.29, 0.717) is 21.2 Å². The molecule has 0 saturated heterocycles. The van der Waals surface area contributed by atoms with Gasteiger partial charge in [-0.15, -0.1) is 0 Å². The van der Waals surface area contributed by atoms with Crippen molar-refractivity contribution < 1.29 is 15.0 Å². The van der Waals surface area contributed by atoms with E-state index in [4.69, 9.17) is 23.2 Å². The monoisotopic (exact) mass is 322 g/mol. The molecule has 108 valence electrons. The van der Waals surface area contributed by atoms with Gasteiger partial charge in [-0.2, -0.15) is 0 Å². The highest BCUT2D eigenvalue weighted by Crippen LogP contribution is 2.28. The van der Waals surface area contributed by atoms with Crippen LogP contribution in [0.1, 0.15) is 16.7 Å². The first-order valence-corrected chi connectivity index (χ1v) is 6.84. The summed E-state index contributed by atoms with van der Waals surface area (Å²) in [6.07, 6.45) is 1.37. The zero-order valence-electron chi connectivity index (χ0n) is 11.1. The van der Waals surface area contributed by atoms with Crippen LogP contribution in [-0.4, -0.2) is 16.2 Å². The largest absolute Gasteiger partial charge is 0.507 e. The lowest BCUT2D eigenvalue weighted by Gasteiger charge is -2.07. The van der Waals surface area contributed by atoms with Crippen LogP contribution in [-0.2, 0) is 4.79 Å². The summed E-state index contributed by atoms with van der Waals surface area (Å²) < 4.78 is 0. The maximum Gasteiger partial charge on any atom is 0.336 e. The van der Waals surface area contributed by atoms with E-state index in [1.165, 1.54) is 24.3 Å². The van der Waals surface area contributed by atoms with Crippen LogP contribution in [0.5, 0.6) is 5.75 Å². The van der Waals surface area contributed by atoms with Gasteiger partial charge in [-0.25, -0.2) is 4.79 Å². The zero-order chi connectivity index (χ0) is 15.6. The van der Waals surface area contributed by atoms with E-state index >= 15 is 0 Å². The molecule has 0 unspecified atom stereocenters. The minimum atomic E-state index is -1.12. The quantitative estimate of drug-likeness (QED) is 0.639. The number of halogens is 2. The first-order valence-electron chi connectivity index (χ1n) is 6.08. The van der Waals surface area contributed by atoms with E-state index in [1.807, 2.05) is 6.92 Å². The van der Waals surface area contributed by atoms with E-state index in [-0.39, 0.29) is 11.3 Å². The summed E-state index contributed by atoms with van der Waals surface area (Å²) in [5.41, 5.74) is 1.67. The molecule has 0 atom stereocenters. The molecule has 0 aromatic heterocycles. The third kappa shape index (κ3) is 3.57. The number of hydrogen-bond donors (Lipinski definition) is 2. The molecule has 2 rings (SSSR count). The van der Waals surface area contributed by atoms with E-state index in [2.05, 4.69) is 0 Å². The Morgan fingerprint density at radius 3 is 2.48 bits per heavy atom. The number of phenolic OH excluding ortho intramolecular Hbond substituents is 1. The van der Waals surface area contributed by atoms with Gasteiger partial charge in [-0.1, -0.05) is 35.3 Å². The van der Waals surface area contributed by atoms with Gasteiger partial charge in [0.2, 0.25) is 0 Å². The molecular weight excluding hydrogens is 311 g/mol. The molecule has 0 bridgehead atoms. The summed E-state index contributed by atoms with van der Waals surface area (Å²) in [7, 11) is 0. The number of aryl methyl sites for hydroxylation is 1. The maximum absolute atomic E-state index is 11.5. The van der Waals surface area contributed by atoms with Crippen LogP contribution in [0.4, 0.5) is 0 Å². The lowest BCUT2D eigenvalue weighted by atomic mass is 10.0. The van der Waals surface area contributed by atoms with E-state index in [9.17, 15) is 15.0 Å². The Morgan fingerprint density at radius 2 is 1.86 bits per heavy atom. The van der Waals surface area contributed by atoms with Gasteiger partial charge in [-0.3, -0.25) is 0 Å². The fraction of sp³-hybridized carbons (Fsp3) is 0.0625. The Labute approximate surface area is 132 Å². The Kier molecular flexibility index (Phi) is 4.56. The zero-order valence-corrected chi connectivity index (χ0v) is 12.6. The molecule has 0 heterocycles. The maximum atomic E-state index is 11.5. The molecule has 5 heteroatoms. The van der Waals surface area contributed by atoms with Crippen LogP contribution >= 0.6 is 23.2 Å². The number of aromatic hydroxyl groups is 1. The first-order chi connectivity index (χ1) is 9.88. The highest BCUT2D eigenvalue weighted by molar-refractivity contribution is 6.32. The van der Waals surface area contributed by atoms with Crippen LogP contribution in [0.2, 0.25) is 10.0 Å². The van der Waals surface area contributed by atoms with Gasteiger partial charge in [0.25, 0.3) is 0 Å². The molecule has 2 aromatic rings. The SMILES string of the molecule is Cc1ccc(/C(=C/c2cc(Cl)ccc2O)C(=O)O)cc1Cl. The molecule has 0 amide bonds. The van der Waals surface area contributed by atoms with Crippen LogP contribution in [0.25, 0.3) is 11.6 Å². The van der Waals surface area contributed by atoms with Crippen molar-refractivity contribution in [1.29, 1.82) is 0 Å². The van der Waals surface area contributed by atoms with Gasteiger partial charge in [-0.05, 0) is 48.4 Å². The first kappa shape index (κ1) is 15.4. The number of hydrogen-bond acceptors (Lipinski definition) is 2. The molecule has 2 N–H and O–H groups in total.